The van der Waals surface area contributed by atoms with Crippen LogP contribution in [0.3, 0.4) is 0 Å². The van der Waals surface area contributed by atoms with E-state index in [0.717, 1.165) is 28.6 Å². The average Bonchev–Trinajstić information content (AvgIpc) is 3.35. The molecule has 48 heavy (non-hydrogen) atoms. The molecule has 4 heteroatoms. The Bertz CT molecular complexity index is 2190. The fraction of sp³-hybridized carbons (Fsp3) is 0.182. The van der Waals surface area contributed by atoms with Gasteiger partial charge in [-0.2, -0.15) is 0 Å². The summed E-state index contributed by atoms with van der Waals surface area (Å²) in [5.41, 5.74) is 14.2. The molecule has 10 rings (SSSR count). The molecule has 6 aromatic rings. The second kappa shape index (κ2) is 10.1. The zero-order valence-electron chi connectivity index (χ0n) is 27.5. The van der Waals surface area contributed by atoms with E-state index in [-0.39, 0.29) is 17.7 Å². The van der Waals surface area contributed by atoms with Crippen molar-refractivity contribution in [2.24, 2.45) is 0 Å². The third-order valence-electron chi connectivity index (χ3n) is 12.0. The van der Waals surface area contributed by atoms with Gasteiger partial charge in [0.25, 0.3) is 6.71 Å². The van der Waals surface area contributed by atoms with Crippen LogP contribution in [0.1, 0.15) is 45.1 Å². The van der Waals surface area contributed by atoms with Gasteiger partial charge in [-0.3, -0.25) is 0 Å². The van der Waals surface area contributed by atoms with Crippen LogP contribution < -0.4 is 30.9 Å². The van der Waals surface area contributed by atoms with Crippen molar-refractivity contribution in [3.8, 4) is 22.6 Å². The van der Waals surface area contributed by atoms with Crippen LogP contribution in [-0.4, -0.2) is 12.3 Å². The predicted molar refractivity (Wildman–Crippen MR) is 201 cm³/mol. The van der Waals surface area contributed by atoms with E-state index >= 15 is 0 Å². The van der Waals surface area contributed by atoms with E-state index in [4.69, 9.17) is 4.74 Å². The smallest absolute Gasteiger partial charge is 0.256 e. The van der Waals surface area contributed by atoms with E-state index in [1.54, 1.807) is 0 Å². The van der Waals surface area contributed by atoms with Crippen LogP contribution in [0.25, 0.3) is 11.1 Å². The second-order valence-electron chi connectivity index (χ2n) is 14.4. The van der Waals surface area contributed by atoms with Gasteiger partial charge in [-0.1, -0.05) is 105 Å². The van der Waals surface area contributed by atoms with Crippen LogP contribution in [0, 0.1) is 0 Å². The van der Waals surface area contributed by atoms with E-state index in [2.05, 4.69) is 163 Å². The second-order valence-corrected chi connectivity index (χ2v) is 14.4. The van der Waals surface area contributed by atoms with Gasteiger partial charge in [0.1, 0.15) is 11.5 Å². The molecule has 3 aliphatic heterocycles. The highest BCUT2D eigenvalue weighted by Gasteiger charge is 2.61. The number of hydrogen-bond acceptors (Lipinski definition) is 3. The molecule has 4 aliphatic rings. The Hall–Kier alpha value is -5.22. The Morgan fingerprint density at radius 2 is 1.29 bits per heavy atom. The monoisotopic (exact) mass is 620 g/mol. The Morgan fingerprint density at radius 1 is 0.604 bits per heavy atom. The third kappa shape index (κ3) is 3.72. The third-order valence-corrected chi connectivity index (χ3v) is 12.0. The molecule has 1 fully saturated rings. The lowest BCUT2D eigenvalue weighted by atomic mass is 9.34. The van der Waals surface area contributed by atoms with E-state index in [1.807, 2.05) is 0 Å². The molecule has 3 heterocycles. The van der Waals surface area contributed by atoms with Crippen LogP contribution >= 0.6 is 0 Å². The maximum Gasteiger partial charge on any atom is 0.256 e. The molecule has 1 saturated carbocycles. The molecule has 3 nitrogen and oxygen atoms in total. The van der Waals surface area contributed by atoms with Crippen LogP contribution in [0.15, 0.2) is 140 Å². The van der Waals surface area contributed by atoms with Crippen molar-refractivity contribution >= 4 is 51.5 Å². The molecular weight excluding hydrogens is 583 g/mol. The minimum atomic E-state index is 0.0374. The van der Waals surface area contributed by atoms with Gasteiger partial charge in [-0.25, -0.2) is 0 Å². The largest absolute Gasteiger partial charge is 0.458 e. The fourth-order valence-electron chi connectivity index (χ4n) is 9.57. The maximum absolute atomic E-state index is 6.78. The average molecular weight is 621 g/mol. The molecule has 0 spiro atoms. The minimum absolute atomic E-state index is 0.0374. The first-order chi connectivity index (χ1) is 23.5. The lowest BCUT2D eigenvalue weighted by Gasteiger charge is -2.52. The minimum Gasteiger partial charge on any atom is -0.458 e. The molecule has 232 valence electrons. The lowest BCUT2D eigenvalue weighted by Crippen LogP contribution is -2.63. The van der Waals surface area contributed by atoms with Crippen molar-refractivity contribution in [2.45, 2.75) is 50.5 Å². The Balaban J connectivity index is 1.13. The summed E-state index contributed by atoms with van der Waals surface area (Å²) >= 11 is 0. The number of benzene rings is 6. The summed E-state index contributed by atoms with van der Waals surface area (Å²) in [5, 5.41) is 0. The molecule has 0 radical (unpaired) electrons. The highest BCUT2D eigenvalue weighted by Crippen LogP contribution is 2.61. The van der Waals surface area contributed by atoms with E-state index in [9.17, 15) is 0 Å². The zero-order valence-corrected chi connectivity index (χ0v) is 27.5. The van der Waals surface area contributed by atoms with Gasteiger partial charge in [0, 0.05) is 33.9 Å². The summed E-state index contributed by atoms with van der Waals surface area (Å²) in [4.78, 5) is 5.06. The van der Waals surface area contributed by atoms with Crippen LogP contribution in [0.5, 0.6) is 11.5 Å². The van der Waals surface area contributed by atoms with Crippen molar-refractivity contribution in [3.63, 3.8) is 0 Å². The first-order valence-electron chi connectivity index (χ1n) is 17.4. The number of para-hydroxylation sites is 3. The molecule has 0 N–H and O–H groups in total. The highest BCUT2D eigenvalue weighted by molar-refractivity contribution is 6.99. The quantitative estimate of drug-likeness (QED) is 0.182. The molecule has 0 amide bonds. The molecule has 1 aliphatic carbocycles. The molecule has 0 bridgehead atoms. The molecule has 6 aromatic carbocycles. The summed E-state index contributed by atoms with van der Waals surface area (Å²) < 4.78 is 6.78. The topological polar surface area (TPSA) is 15.7 Å². The molecule has 0 aromatic heterocycles. The number of ether oxygens (including phenoxy) is 1. The van der Waals surface area contributed by atoms with Crippen molar-refractivity contribution < 1.29 is 4.74 Å². The SMILES string of the molecule is CC12CCCCC1(C)N1c3cccc4c3B(c3cc(-c5cccc(N(c6ccccc6)c6ccccc6)c5)ccc3O4)c3cccc2c31. The first-order valence-corrected chi connectivity index (χ1v) is 17.4. The van der Waals surface area contributed by atoms with Crippen LogP contribution in [0.4, 0.5) is 28.4 Å². The van der Waals surface area contributed by atoms with Crippen LogP contribution in [0.2, 0.25) is 0 Å². The highest BCUT2D eigenvalue weighted by atomic mass is 16.5. The van der Waals surface area contributed by atoms with Gasteiger partial charge in [-0.15, -0.1) is 0 Å². The number of hydrogen-bond donors (Lipinski definition) is 0. The van der Waals surface area contributed by atoms with Crippen molar-refractivity contribution in [3.05, 3.63) is 145 Å². The van der Waals surface area contributed by atoms with Crippen molar-refractivity contribution in [1.82, 2.24) is 0 Å². The van der Waals surface area contributed by atoms with E-state index in [0.29, 0.717) is 0 Å². The van der Waals surface area contributed by atoms with Gasteiger partial charge in [0.2, 0.25) is 0 Å². The van der Waals surface area contributed by atoms with Crippen LogP contribution in [-0.2, 0) is 5.41 Å². The van der Waals surface area contributed by atoms with Crippen molar-refractivity contribution in [1.29, 1.82) is 0 Å². The number of anilines is 5. The van der Waals surface area contributed by atoms with Gasteiger partial charge >= 0.3 is 0 Å². The lowest BCUT2D eigenvalue weighted by molar-refractivity contribution is 0.195. The summed E-state index contributed by atoms with van der Waals surface area (Å²) in [6.45, 7) is 5.17. The Kier molecular flexibility index (Phi) is 5.89. The summed E-state index contributed by atoms with van der Waals surface area (Å²) in [5.74, 6) is 1.95. The maximum atomic E-state index is 6.78. The van der Waals surface area contributed by atoms with E-state index in [1.165, 1.54) is 70.1 Å². The fourth-order valence-corrected chi connectivity index (χ4v) is 9.57. The molecule has 2 unspecified atom stereocenters. The van der Waals surface area contributed by atoms with Gasteiger partial charge in [0.05, 0.1) is 5.54 Å². The van der Waals surface area contributed by atoms with Gasteiger partial charge in [-0.05, 0) is 107 Å². The number of rotatable bonds is 4. The van der Waals surface area contributed by atoms with E-state index < -0.39 is 0 Å². The normalized spacial score (nSPS) is 21.0. The Morgan fingerprint density at radius 3 is 2.08 bits per heavy atom. The predicted octanol–water partition coefficient (Wildman–Crippen LogP) is 9.50. The molecule has 2 atom stereocenters. The summed E-state index contributed by atoms with van der Waals surface area (Å²) in [6, 6.07) is 50.8. The number of nitrogens with zero attached hydrogens (tertiary/aromatic N) is 2. The summed E-state index contributed by atoms with van der Waals surface area (Å²) in [6.07, 6.45) is 5.00. The molecule has 0 saturated heterocycles. The first kappa shape index (κ1) is 27.9. The molecular formula is C44H37BN2O. The van der Waals surface area contributed by atoms with Crippen molar-refractivity contribution in [2.75, 3.05) is 9.80 Å². The Labute approximate surface area is 283 Å². The van der Waals surface area contributed by atoms with Gasteiger partial charge in [0.15, 0.2) is 0 Å². The number of fused-ring (bicyclic) bond motifs is 7. The standard InChI is InChI=1S/C44H37BN2O/c1-43-26-9-10-27-44(43,2)47-38-22-13-23-40-41(38)45(36-21-12-20-35(43)42(36)47)37-29-31(24-25-39(37)48-40)30-14-11-19-34(28-30)46(32-15-5-3-6-16-32)33-17-7-4-8-18-33/h3-8,11-25,28-29H,9-10,26-27H2,1-2H3. The zero-order chi connectivity index (χ0) is 32.0. The van der Waals surface area contributed by atoms with Gasteiger partial charge < -0.3 is 14.5 Å². The summed E-state index contributed by atoms with van der Waals surface area (Å²) in [7, 11) is 0.